The van der Waals surface area contributed by atoms with Crippen LogP contribution in [0.1, 0.15) is 62.0 Å². The number of hydrogen-bond acceptors (Lipinski definition) is 2. The van der Waals surface area contributed by atoms with E-state index >= 15 is 0 Å². The van der Waals surface area contributed by atoms with Crippen LogP contribution in [0.4, 0.5) is 0 Å². The minimum atomic E-state index is -0.141. The van der Waals surface area contributed by atoms with Crippen molar-refractivity contribution in [3.05, 3.63) is 41.1 Å². The Labute approximate surface area is 150 Å². The first-order valence-electron chi connectivity index (χ1n) is 10.1. The van der Waals surface area contributed by atoms with Gasteiger partial charge in [-0.2, -0.15) is 0 Å². The first-order chi connectivity index (χ1) is 12.3. The highest BCUT2D eigenvalue weighted by atomic mass is 16.1. The average Bonchev–Trinajstić information content (AvgIpc) is 2.68. The molecule has 0 radical (unpaired) electrons. The molecule has 3 heteroatoms. The average molecular weight is 336 g/mol. The van der Waals surface area contributed by atoms with Crippen LogP contribution in [0, 0.1) is 17.8 Å². The molecule has 1 saturated heterocycles. The van der Waals surface area contributed by atoms with Crippen LogP contribution < -0.4 is 5.73 Å². The lowest BCUT2D eigenvalue weighted by Gasteiger charge is -2.52. The minimum absolute atomic E-state index is 0.128. The predicted octanol–water partition coefficient (Wildman–Crippen LogP) is 3.90. The fraction of sp³-hybridized carbons (Fsp3) is 0.591. The zero-order chi connectivity index (χ0) is 17.0. The van der Waals surface area contributed by atoms with Gasteiger partial charge in [-0.1, -0.05) is 43.5 Å². The van der Waals surface area contributed by atoms with Crippen molar-refractivity contribution in [2.75, 3.05) is 13.1 Å². The van der Waals surface area contributed by atoms with Crippen molar-refractivity contribution < 1.29 is 4.79 Å². The minimum Gasteiger partial charge on any atom is -0.374 e. The van der Waals surface area contributed by atoms with Crippen molar-refractivity contribution in [3.8, 4) is 0 Å². The molecule has 5 aliphatic rings. The van der Waals surface area contributed by atoms with E-state index in [2.05, 4.69) is 29.2 Å². The molecule has 3 nitrogen and oxygen atoms in total. The second-order valence-electron chi connectivity index (χ2n) is 8.45. The third kappa shape index (κ3) is 2.28. The van der Waals surface area contributed by atoms with Crippen LogP contribution in [-0.2, 0) is 4.79 Å². The molecule has 1 saturated carbocycles. The Hall–Kier alpha value is -1.77. The number of carbonyl (C=O) groups is 1. The zero-order valence-electron chi connectivity index (χ0n) is 14.9. The number of piperidine rings is 1. The molecular formula is C22H28N2O. The molecule has 2 aliphatic carbocycles. The number of nitrogens with zero attached hydrogens (tertiary/aromatic N) is 1. The fourth-order valence-electron chi connectivity index (χ4n) is 6.22. The van der Waals surface area contributed by atoms with E-state index in [9.17, 15) is 4.79 Å². The quantitative estimate of drug-likeness (QED) is 0.890. The highest BCUT2D eigenvalue weighted by Crippen LogP contribution is 2.56. The van der Waals surface area contributed by atoms with E-state index in [-0.39, 0.29) is 11.8 Å². The first-order valence-corrected chi connectivity index (χ1v) is 10.1. The molecule has 3 aliphatic heterocycles. The molecule has 0 aromatic heterocycles. The Balaban J connectivity index is 1.72. The zero-order valence-corrected chi connectivity index (χ0v) is 14.9. The van der Waals surface area contributed by atoms with Crippen molar-refractivity contribution >= 4 is 11.5 Å². The largest absolute Gasteiger partial charge is 0.374 e. The van der Waals surface area contributed by atoms with Crippen molar-refractivity contribution in [2.24, 2.45) is 23.5 Å². The molecule has 3 heterocycles. The molecular weight excluding hydrogens is 308 g/mol. The second kappa shape index (κ2) is 5.89. The van der Waals surface area contributed by atoms with Crippen LogP contribution in [0.25, 0.3) is 5.57 Å². The smallest absolute Gasteiger partial charge is 0.225 e. The third-order valence-electron chi connectivity index (χ3n) is 7.24. The lowest BCUT2D eigenvalue weighted by Crippen LogP contribution is -2.49. The monoisotopic (exact) mass is 336 g/mol. The van der Waals surface area contributed by atoms with Gasteiger partial charge in [0.2, 0.25) is 5.91 Å². The van der Waals surface area contributed by atoms with Crippen LogP contribution >= 0.6 is 0 Å². The summed E-state index contributed by atoms with van der Waals surface area (Å²) in [6, 6.07) is 8.61. The Kier molecular flexibility index (Phi) is 3.65. The molecule has 2 atom stereocenters. The molecule has 0 unspecified atom stereocenters. The van der Waals surface area contributed by atoms with Crippen molar-refractivity contribution in [1.29, 1.82) is 0 Å². The van der Waals surface area contributed by atoms with Gasteiger partial charge in [-0.15, -0.1) is 0 Å². The highest BCUT2D eigenvalue weighted by Gasteiger charge is 2.48. The Bertz CT molecular complexity index is 723. The molecule has 0 spiro atoms. The lowest BCUT2D eigenvalue weighted by atomic mass is 9.61. The highest BCUT2D eigenvalue weighted by molar-refractivity contribution is 5.89. The van der Waals surface area contributed by atoms with E-state index in [4.69, 9.17) is 5.73 Å². The summed E-state index contributed by atoms with van der Waals surface area (Å²) in [6.45, 7) is 2.33. The van der Waals surface area contributed by atoms with Gasteiger partial charge in [0, 0.05) is 24.7 Å². The van der Waals surface area contributed by atoms with E-state index in [0.717, 1.165) is 0 Å². The molecule has 132 valence electrons. The number of primary amides is 1. The summed E-state index contributed by atoms with van der Waals surface area (Å²) in [6.07, 6.45) is 9.01. The number of fused-ring (bicyclic) bond motifs is 3. The molecule has 6 rings (SSSR count). The van der Waals surface area contributed by atoms with Crippen LogP contribution in [0.3, 0.4) is 0 Å². The number of allylic oxidation sites excluding steroid dienone is 2. The van der Waals surface area contributed by atoms with Gasteiger partial charge in [-0.05, 0) is 54.2 Å². The summed E-state index contributed by atoms with van der Waals surface area (Å²) in [4.78, 5) is 15.2. The van der Waals surface area contributed by atoms with Gasteiger partial charge >= 0.3 is 0 Å². The number of amides is 1. The van der Waals surface area contributed by atoms with Crippen LogP contribution in [0.2, 0.25) is 0 Å². The molecule has 1 aromatic rings. The fourth-order valence-corrected chi connectivity index (χ4v) is 6.22. The maximum Gasteiger partial charge on any atom is 0.225 e. The van der Waals surface area contributed by atoms with E-state index in [0.29, 0.717) is 17.8 Å². The Morgan fingerprint density at radius 2 is 1.72 bits per heavy atom. The molecule has 2 bridgehead atoms. The van der Waals surface area contributed by atoms with Gasteiger partial charge in [0.15, 0.2) is 0 Å². The van der Waals surface area contributed by atoms with Gasteiger partial charge in [0.05, 0.1) is 5.92 Å². The van der Waals surface area contributed by atoms with Crippen molar-refractivity contribution in [2.45, 2.75) is 50.9 Å². The Morgan fingerprint density at radius 3 is 2.44 bits per heavy atom. The van der Waals surface area contributed by atoms with Gasteiger partial charge in [0.1, 0.15) is 0 Å². The lowest BCUT2D eigenvalue weighted by molar-refractivity contribution is -0.121. The van der Waals surface area contributed by atoms with E-state index < -0.39 is 0 Å². The molecule has 1 aromatic carbocycles. The summed E-state index contributed by atoms with van der Waals surface area (Å²) in [5.74, 6) is 1.34. The summed E-state index contributed by atoms with van der Waals surface area (Å²) >= 11 is 0. The number of rotatable bonds is 2. The number of hydrogen-bond donors (Lipinski definition) is 1. The van der Waals surface area contributed by atoms with E-state index in [1.807, 2.05) is 0 Å². The topological polar surface area (TPSA) is 46.3 Å². The maximum absolute atomic E-state index is 12.6. The van der Waals surface area contributed by atoms with Crippen molar-refractivity contribution in [3.63, 3.8) is 0 Å². The van der Waals surface area contributed by atoms with E-state index in [1.54, 1.807) is 5.57 Å². The number of benzene rings is 1. The molecule has 2 N–H and O–H groups in total. The number of nitrogens with two attached hydrogens (primary N) is 1. The second-order valence-corrected chi connectivity index (χ2v) is 8.45. The van der Waals surface area contributed by atoms with Crippen LogP contribution in [0.5, 0.6) is 0 Å². The maximum atomic E-state index is 12.6. The van der Waals surface area contributed by atoms with Crippen molar-refractivity contribution in [1.82, 2.24) is 4.90 Å². The Morgan fingerprint density at radius 1 is 1.00 bits per heavy atom. The third-order valence-corrected chi connectivity index (χ3v) is 7.24. The summed E-state index contributed by atoms with van der Waals surface area (Å²) in [5, 5.41) is 0. The molecule has 25 heavy (non-hydrogen) atoms. The summed E-state index contributed by atoms with van der Waals surface area (Å²) in [7, 11) is 0. The summed E-state index contributed by atoms with van der Waals surface area (Å²) in [5.41, 5.74) is 11.6. The van der Waals surface area contributed by atoms with Crippen LogP contribution in [-0.4, -0.2) is 23.9 Å². The van der Waals surface area contributed by atoms with Gasteiger partial charge in [-0.3, -0.25) is 4.79 Å². The first kappa shape index (κ1) is 15.5. The van der Waals surface area contributed by atoms with Gasteiger partial charge in [-0.25, -0.2) is 0 Å². The SMILES string of the molecule is NC(=O)[C@H]1c2ccccc2C2=C([C@@H]1C1CCCCC1)N1CCC2CC1. The molecule has 1 amide bonds. The number of carbonyl (C=O) groups excluding carboxylic acids is 1. The standard InChI is InChI=1S/C22H28N2O/c23-22(25)20-17-9-5-4-8-16(17)18-15-10-12-24(13-11-15)21(18)19(20)14-6-2-1-3-7-14/h4-5,8-9,14-15,19-20H,1-3,6-7,10-13H2,(H2,23,25)/t19-,20+/m1/s1. The normalized spacial score (nSPS) is 29.5. The van der Waals surface area contributed by atoms with Crippen LogP contribution in [0.15, 0.2) is 30.0 Å². The van der Waals surface area contributed by atoms with E-state index in [1.165, 1.54) is 74.9 Å². The molecule has 2 fully saturated rings. The predicted molar refractivity (Wildman–Crippen MR) is 99.7 cm³/mol. The summed E-state index contributed by atoms with van der Waals surface area (Å²) < 4.78 is 0. The van der Waals surface area contributed by atoms with Gasteiger partial charge in [0.25, 0.3) is 0 Å². The van der Waals surface area contributed by atoms with Gasteiger partial charge < -0.3 is 10.6 Å².